The van der Waals surface area contributed by atoms with Gasteiger partial charge in [-0.05, 0) is 62.2 Å². The fourth-order valence-electron chi connectivity index (χ4n) is 2.43. The second kappa shape index (κ2) is 12.8. The lowest BCUT2D eigenvalue weighted by Crippen LogP contribution is -2.17. The van der Waals surface area contributed by atoms with E-state index in [1.165, 1.54) is 0 Å². The molecule has 2 rings (SSSR count). The highest BCUT2D eigenvalue weighted by Crippen LogP contribution is 2.29. The largest absolute Gasteiger partial charge is 0.493 e. The van der Waals surface area contributed by atoms with Crippen molar-refractivity contribution in [2.45, 2.75) is 39.5 Å². The molecule has 0 saturated heterocycles. The van der Waals surface area contributed by atoms with Gasteiger partial charge in [0.05, 0.1) is 13.2 Å². The summed E-state index contributed by atoms with van der Waals surface area (Å²) in [4.78, 5) is 0. The molecule has 0 spiro atoms. The van der Waals surface area contributed by atoms with E-state index in [4.69, 9.17) is 25.8 Å². The van der Waals surface area contributed by atoms with E-state index in [1.807, 2.05) is 36.4 Å². The van der Waals surface area contributed by atoms with E-state index in [9.17, 15) is 0 Å². The van der Waals surface area contributed by atoms with Crippen LogP contribution in [0.15, 0.2) is 42.5 Å². The summed E-state index contributed by atoms with van der Waals surface area (Å²) in [6.07, 6.45) is 1.29. The lowest BCUT2D eigenvalue weighted by Gasteiger charge is -2.13. The van der Waals surface area contributed by atoms with Crippen LogP contribution < -0.4 is 14.8 Å². The zero-order chi connectivity index (χ0) is 18.8. The number of rotatable bonds is 11. The summed E-state index contributed by atoms with van der Waals surface area (Å²) < 4.78 is 16.9. The van der Waals surface area contributed by atoms with Gasteiger partial charge in [0.1, 0.15) is 6.61 Å². The van der Waals surface area contributed by atoms with Crippen LogP contribution in [0.4, 0.5) is 0 Å². The average molecular weight is 414 g/mol. The highest BCUT2D eigenvalue weighted by atomic mass is 35.5. The van der Waals surface area contributed by atoms with Crippen LogP contribution in [-0.4, -0.2) is 26.4 Å². The second-order valence-corrected chi connectivity index (χ2v) is 6.79. The molecule has 2 aromatic rings. The van der Waals surface area contributed by atoms with Gasteiger partial charge >= 0.3 is 0 Å². The van der Waals surface area contributed by atoms with E-state index in [2.05, 4.69) is 25.2 Å². The summed E-state index contributed by atoms with van der Waals surface area (Å²) in [6, 6.07) is 13.6. The number of nitrogens with one attached hydrogen (secondary N) is 1. The third-order valence-corrected chi connectivity index (χ3v) is 4.07. The van der Waals surface area contributed by atoms with Crippen LogP contribution in [0, 0.1) is 0 Å². The highest BCUT2D eigenvalue weighted by Gasteiger charge is 2.06. The summed E-state index contributed by atoms with van der Waals surface area (Å²) in [5.41, 5.74) is 2.22. The maximum Gasteiger partial charge on any atom is 0.161 e. The van der Waals surface area contributed by atoms with Gasteiger partial charge in [-0.2, -0.15) is 0 Å². The number of hydrogen-bond donors (Lipinski definition) is 1. The van der Waals surface area contributed by atoms with Crippen LogP contribution in [0.5, 0.6) is 11.5 Å². The smallest absolute Gasteiger partial charge is 0.161 e. The minimum atomic E-state index is 0. The van der Waals surface area contributed by atoms with Gasteiger partial charge in [-0.15, -0.1) is 12.4 Å². The lowest BCUT2D eigenvalue weighted by molar-refractivity contribution is 0.0770. The third-order valence-electron chi connectivity index (χ3n) is 3.81. The molecule has 150 valence electrons. The monoisotopic (exact) mass is 413 g/mol. The van der Waals surface area contributed by atoms with Crippen molar-refractivity contribution in [3.05, 3.63) is 58.6 Å². The molecule has 1 N–H and O–H groups in total. The van der Waals surface area contributed by atoms with Crippen molar-refractivity contribution in [1.82, 2.24) is 5.32 Å². The first-order valence-corrected chi connectivity index (χ1v) is 9.32. The van der Waals surface area contributed by atoms with Crippen LogP contribution in [0.3, 0.4) is 0 Å². The predicted octanol–water partition coefficient (Wildman–Crippen LogP) is 5.25. The van der Waals surface area contributed by atoms with Gasteiger partial charge in [0, 0.05) is 18.2 Å². The number of ether oxygens (including phenoxy) is 3. The molecule has 0 aliphatic carbocycles. The normalized spacial score (nSPS) is 10.6. The minimum Gasteiger partial charge on any atom is -0.493 e. The molecular weight excluding hydrogens is 385 g/mol. The maximum atomic E-state index is 5.90. The van der Waals surface area contributed by atoms with Crippen LogP contribution in [0.25, 0.3) is 0 Å². The van der Waals surface area contributed by atoms with E-state index in [-0.39, 0.29) is 12.4 Å². The predicted molar refractivity (Wildman–Crippen MR) is 113 cm³/mol. The first kappa shape index (κ1) is 23.6. The first-order valence-electron chi connectivity index (χ1n) is 8.95. The molecule has 0 aliphatic rings. The molecule has 0 fully saturated rings. The quantitative estimate of drug-likeness (QED) is 0.510. The zero-order valence-corrected chi connectivity index (χ0v) is 17.7. The van der Waals surface area contributed by atoms with Gasteiger partial charge in [-0.3, -0.25) is 0 Å². The Hall–Kier alpha value is -1.46. The molecule has 27 heavy (non-hydrogen) atoms. The molecule has 2 aromatic carbocycles. The highest BCUT2D eigenvalue weighted by molar-refractivity contribution is 6.30. The number of methoxy groups -OCH3 is 1. The first-order chi connectivity index (χ1) is 12.6. The Morgan fingerprint density at radius 3 is 2.37 bits per heavy atom. The van der Waals surface area contributed by atoms with Gasteiger partial charge in [-0.1, -0.05) is 29.8 Å². The SMILES string of the molecule is COc1cc(CNCCCOC(C)C)ccc1OCc1ccc(Cl)cc1.Cl. The van der Waals surface area contributed by atoms with Crippen molar-refractivity contribution in [1.29, 1.82) is 0 Å². The second-order valence-electron chi connectivity index (χ2n) is 6.35. The molecule has 0 heterocycles. The van der Waals surface area contributed by atoms with Gasteiger partial charge in [0.2, 0.25) is 0 Å². The molecule has 0 bridgehead atoms. The van der Waals surface area contributed by atoms with E-state index in [0.29, 0.717) is 12.7 Å². The van der Waals surface area contributed by atoms with E-state index >= 15 is 0 Å². The van der Waals surface area contributed by atoms with E-state index in [1.54, 1.807) is 7.11 Å². The Labute approximate surface area is 173 Å². The van der Waals surface area contributed by atoms with Crippen molar-refractivity contribution < 1.29 is 14.2 Å². The standard InChI is InChI=1S/C21H28ClNO3.ClH/c1-16(2)25-12-4-11-23-14-18-7-10-20(21(13-18)24-3)26-15-17-5-8-19(22)9-6-17;/h5-10,13,16,23H,4,11-12,14-15H2,1-3H3;1H. The third kappa shape index (κ3) is 8.85. The molecule has 0 radical (unpaired) electrons. The summed E-state index contributed by atoms with van der Waals surface area (Å²) in [7, 11) is 1.66. The molecule has 0 saturated carbocycles. The molecule has 6 heteroatoms. The van der Waals surface area contributed by atoms with Gasteiger partial charge in [-0.25, -0.2) is 0 Å². The Morgan fingerprint density at radius 2 is 1.70 bits per heavy atom. The molecule has 0 aliphatic heterocycles. The number of benzene rings is 2. The summed E-state index contributed by atoms with van der Waals surface area (Å²) >= 11 is 5.90. The molecule has 0 aromatic heterocycles. The average Bonchev–Trinajstić information content (AvgIpc) is 2.64. The van der Waals surface area contributed by atoms with Crippen LogP contribution in [-0.2, 0) is 17.9 Å². The molecular formula is C21H29Cl2NO3. The topological polar surface area (TPSA) is 39.7 Å². The maximum absolute atomic E-state index is 5.90. The van der Waals surface area contributed by atoms with Crippen molar-refractivity contribution in [2.75, 3.05) is 20.3 Å². The zero-order valence-electron chi connectivity index (χ0n) is 16.2. The van der Waals surface area contributed by atoms with Gasteiger partial charge in [0.25, 0.3) is 0 Å². The molecule has 0 unspecified atom stereocenters. The van der Waals surface area contributed by atoms with Crippen LogP contribution in [0.2, 0.25) is 5.02 Å². The molecule has 0 amide bonds. The van der Waals surface area contributed by atoms with Crippen molar-refractivity contribution >= 4 is 24.0 Å². The summed E-state index contributed by atoms with van der Waals surface area (Å²) in [6.45, 7) is 7.07. The van der Waals surface area contributed by atoms with E-state index in [0.717, 1.165) is 53.8 Å². The lowest BCUT2D eigenvalue weighted by atomic mass is 10.2. The van der Waals surface area contributed by atoms with Crippen LogP contribution >= 0.6 is 24.0 Å². The Bertz CT molecular complexity index is 663. The van der Waals surface area contributed by atoms with Gasteiger partial charge < -0.3 is 19.5 Å². The fourth-order valence-corrected chi connectivity index (χ4v) is 2.56. The van der Waals surface area contributed by atoms with E-state index < -0.39 is 0 Å². The Kier molecular flexibility index (Phi) is 11.2. The fraction of sp³-hybridized carbons (Fsp3) is 0.429. The summed E-state index contributed by atoms with van der Waals surface area (Å²) in [5, 5.41) is 4.14. The molecule has 0 atom stereocenters. The van der Waals surface area contributed by atoms with Crippen molar-refractivity contribution in [2.24, 2.45) is 0 Å². The number of hydrogen-bond acceptors (Lipinski definition) is 4. The van der Waals surface area contributed by atoms with Crippen molar-refractivity contribution in [3.63, 3.8) is 0 Å². The minimum absolute atomic E-state index is 0. The summed E-state index contributed by atoms with van der Waals surface area (Å²) in [5.74, 6) is 1.47. The van der Waals surface area contributed by atoms with Crippen molar-refractivity contribution in [3.8, 4) is 11.5 Å². The molecule has 4 nitrogen and oxygen atoms in total. The van der Waals surface area contributed by atoms with Gasteiger partial charge in [0.15, 0.2) is 11.5 Å². The Morgan fingerprint density at radius 1 is 1.00 bits per heavy atom. The Balaban J connectivity index is 0.00000364. The van der Waals surface area contributed by atoms with Crippen LogP contribution in [0.1, 0.15) is 31.4 Å². The number of halogens is 2.